The molecule has 4 rings (SSSR count). The van der Waals surface area contributed by atoms with Crippen molar-refractivity contribution in [1.82, 2.24) is 4.90 Å². The van der Waals surface area contributed by atoms with E-state index in [1.165, 1.54) is 5.56 Å². The second kappa shape index (κ2) is 10.4. The number of methoxy groups -OCH3 is 2. The van der Waals surface area contributed by atoms with E-state index in [2.05, 4.69) is 17.4 Å². The van der Waals surface area contributed by atoms with E-state index in [9.17, 15) is 9.59 Å². The minimum Gasteiger partial charge on any atom is -0.493 e. The average molecular weight is 463 g/mol. The van der Waals surface area contributed by atoms with Crippen LogP contribution in [0.1, 0.15) is 26.9 Å². The SMILES string of the molecule is COc1ccc(NC(=O)c2ccc([C@@H]3SCC(=O)N3CCc3ccccc3)cc2)cc1OC. The first kappa shape index (κ1) is 22.7. The van der Waals surface area contributed by atoms with Crippen LogP contribution in [0, 0.1) is 0 Å². The highest BCUT2D eigenvalue weighted by molar-refractivity contribution is 8.00. The standard InChI is InChI=1S/C26H26N2O4S/c1-31-22-13-12-21(16-23(22)32-2)27-25(30)19-8-10-20(11-9-19)26-28(24(29)17-33-26)15-14-18-6-4-3-5-7-18/h3-13,16,26H,14-15,17H2,1-2H3,(H,27,30)/t26-/m0/s1. The summed E-state index contributed by atoms with van der Waals surface area (Å²) in [6.07, 6.45) is 0.815. The summed E-state index contributed by atoms with van der Waals surface area (Å²) >= 11 is 1.62. The maximum absolute atomic E-state index is 12.7. The third kappa shape index (κ3) is 5.31. The van der Waals surface area contributed by atoms with E-state index in [1.807, 2.05) is 35.2 Å². The number of nitrogens with zero attached hydrogens (tertiary/aromatic N) is 1. The molecule has 3 aromatic rings. The van der Waals surface area contributed by atoms with Crippen molar-refractivity contribution in [1.29, 1.82) is 0 Å². The first-order valence-corrected chi connectivity index (χ1v) is 11.7. The van der Waals surface area contributed by atoms with Gasteiger partial charge in [0.25, 0.3) is 5.91 Å². The molecule has 6 nitrogen and oxygen atoms in total. The van der Waals surface area contributed by atoms with Gasteiger partial charge in [-0.15, -0.1) is 11.8 Å². The lowest BCUT2D eigenvalue weighted by Gasteiger charge is -2.24. The summed E-state index contributed by atoms with van der Waals surface area (Å²) in [5, 5.41) is 2.85. The number of benzene rings is 3. The van der Waals surface area contributed by atoms with E-state index in [0.29, 0.717) is 35.0 Å². The van der Waals surface area contributed by atoms with Gasteiger partial charge in [0, 0.05) is 23.9 Å². The molecule has 0 spiro atoms. The van der Waals surface area contributed by atoms with Crippen molar-refractivity contribution < 1.29 is 19.1 Å². The molecule has 3 aromatic carbocycles. The number of nitrogens with one attached hydrogen (secondary N) is 1. The van der Waals surface area contributed by atoms with Gasteiger partial charge in [0.2, 0.25) is 5.91 Å². The summed E-state index contributed by atoms with van der Waals surface area (Å²) in [5.74, 6) is 1.55. The molecule has 170 valence electrons. The van der Waals surface area contributed by atoms with Gasteiger partial charge < -0.3 is 19.7 Å². The molecule has 2 amide bonds. The molecule has 0 bridgehead atoms. The molecule has 1 fully saturated rings. The van der Waals surface area contributed by atoms with Crippen LogP contribution in [0.15, 0.2) is 72.8 Å². The normalized spacial score (nSPS) is 15.4. The van der Waals surface area contributed by atoms with Crippen molar-refractivity contribution in [2.24, 2.45) is 0 Å². The number of hydrogen-bond donors (Lipinski definition) is 1. The third-order valence-electron chi connectivity index (χ3n) is 5.55. The Morgan fingerprint density at radius 3 is 2.42 bits per heavy atom. The first-order valence-electron chi connectivity index (χ1n) is 10.7. The summed E-state index contributed by atoms with van der Waals surface area (Å²) in [5.41, 5.74) is 3.38. The molecule has 1 aliphatic heterocycles. The van der Waals surface area contributed by atoms with Gasteiger partial charge >= 0.3 is 0 Å². The minimum atomic E-state index is -0.218. The monoisotopic (exact) mass is 462 g/mol. The molecule has 1 aliphatic rings. The maximum Gasteiger partial charge on any atom is 0.255 e. The van der Waals surface area contributed by atoms with Crippen molar-refractivity contribution in [3.8, 4) is 11.5 Å². The van der Waals surface area contributed by atoms with Crippen LogP contribution in [0.4, 0.5) is 5.69 Å². The fourth-order valence-corrected chi connectivity index (χ4v) is 5.00. The summed E-state index contributed by atoms with van der Waals surface area (Å²) in [6, 6.07) is 22.8. The average Bonchev–Trinajstić information content (AvgIpc) is 3.23. The Kier molecular flexibility index (Phi) is 7.19. The van der Waals surface area contributed by atoms with E-state index >= 15 is 0 Å². The quantitative estimate of drug-likeness (QED) is 0.522. The summed E-state index contributed by atoms with van der Waals surface area (Å²) in [7, 11) is 3.12. The van der Waals surface area contributed by atoms with Crippen LogP contribution in [0.3, 0.4) is 0 Å². The molecule has 1 N–H and O–H groups in total. The van der Waals surface area contributed by atoms with E-state index in [0.717, 1.165) is 12.0 Å². The summed E-state index contributed by atoms with van der Waals surface area (Å²) in [6.45, 7) is 0.669. The zero-order valence-electron chi connectivity index (χ0n) is 18.6. The lowest BCUT2D eigenvalue weighted by molar-refractivity contribution is -0.128. The summed E-state index contributed by atoms with van der Waals surface area (Å²) in [4.78, 5) is 27.1. The Morgan fingerprint density at radius 2 is 1.73 bits per heavy atom. The number of hydrogen-bond acceptors (Lipinski definition) is 5. The van der Waals surface area contributed by atoms with Crippen LogP contribution < -0.4 is 14.8 Å². The van der Waals surface area contributed by atoms with Crippen LogP contribution in [0.2, 0.25) is 0 Å². The Morgan fingerprint density at radius 1 is 1.00 bits per heavy atom. The van der Waals surface area contributed by atoms with Crippen LogP contribution in [-0.4, -0.2) is 43.2 Å². The Bertz CT molecular complexity index is 1120. The van der Waals surface area contributed by atoms with Gasteiger partial charge in [-0.05, 0) is 41.8 Å². The number of rotatable bonds is 8. The number of carbonyl (C=O) groups excluding carboxylic acids is 2. The zero-order chi connectivity index (χ0) is 23.2. The van der Waals surface area contributed by atoms with Crippen molar-refractivity contribution in [2.75, 3.05) is 31.8 Å². The molecule has 0 radical (unpaired) electrons. The molecule has 33 heavy (non-hydrogen) atoms. The van der Waals surface area contributed by atoms with E-state index in [-0.39, 0.29) is 17.2 Å². The molecular weight excluding hydrogens is 436 g/mol. The minimum absolute atomic E-state index is 0.0378. The van der Waals surface area contributed by atoms with Gasteiger partial charge in [-0.1, -0.05) is 42.5 Å². The van der Waals surface area contributed by atoms with Gasteiger partial charge in [0.15, 0.2) is 11.5 Å². The fraction of sp³-hybridized carbons (Fsp3) is 0.231. The van der Waals surface area contributed by atoms with Gasteiger partial charge in [-0.3, -0.25) is 9.59 Å². The molecule has 1 saturated heterocycles. The molecule has 0 aromatic heterocycles. The van der Waals surface area contributed by atoms with Crippen molar-refractivity contribution in [3.63, 3.8) is 0 Å². The molecule has 0 unspecified atom stereocenters. The highest BCUT2D eigenvalue weighted by atomic mass is 32.2. The van der Waals surface area contributed by atoms with Gasteiger partial charge in [0.1, 0.15) is 5.37 Å². The van der Waals surface area contributed by atoms with Crippen LogP contribution in [-0.2, 0) is 11.2 Å². The van der Waals surface area contributed by atoms with E-state index in [1.54, 1.807) is 56.3 Å². The molecular formula is C26H26N2O4S. The first-order chi connectivity index (χ1) is 16.1. The number of anilines is 1. The smallest absolute Gasteiger partial charge is 0.255 e. The van der Waals surface area contributed by atoms with Crippen molar-refractivity contribution in [2.45, 2.75) is 11.8 Å². The maximum atomic E-state index is 12.7. The van der Waals surface area contributed by atoms with Gasteiger partial charge in [-0.25, -0.2) is 0 Å². The molecule has 0 saturated carbocycles. The summed E-state index contributed by atoms with van der Waals surface area (Å²) < 4.78 is 10.5. The fourth-order valence-electron chi connectivity index (χ4n) is 3.78. The predicted molar refractivity (Wildman–Crippen MR) is 131 cm³/mol. The van der Waals surface area contributed by atoms with Gasteiger partial charge in [-0.2, -0.15) is 0 Å². The predicted octanol–water partition coefficient (Wildman–Crippen LogP) is 4.77. The second-order valence-electron chi connectivity index (χ2n) is 7.63. The number of carbonyl (C=O) groups is 2. The van der Waals surface area contributed by atoms with E-state index < -0.39 is 0 Å². The molecule has 7 heteroatoms. The Hall–Kier alpha value is -3.45. The van der Waals surface area contributed by atoms with Crippen LogP contribution in [0.5, 0.6) is 11.5 Å². The number of thioether (sulfide) groups is 1. The topological polar surface area (TPSA) is 67.9 Å². The highest BCUT2D eigenvalue weighted by Crippen LogP contribution is 2.38. The Labute approximate surface area is 197 Å². The third-order valence-corrected chi connectivity index (χ3v) is 6.81. The largest absolute Gasteiger partial charge is 0.493 e. The molecule has 1 heterocycles. The van der Waals surface area contributed by atoms with Crippen LogP contribution in [0.25, 0.3) is 0 Å². The molecule has 1 atom stereocenters. The van der Waals surface area contributed by atoms with E-state index in [4.69, 9.17) is 9.47 Å². The van der Waals surface area contributed by atoms with Gasteiger partial charge in [0.05, 0.1) is 20.0 Å². The second-order valence-corrected chi connectivity index (χ2v) is 8.70. The number of ether oxygens (including phenoxy) is 2. The number of amides is 2. The highest BCUT2D eigenvalue weighted by Gasteiger charge is 2.32. The van der Waals surface area contributed by atoms with Crippen LogP contribution >= 0.6 is 11.8 Å². The lowest BCUT2D eigenvalue weighted by atomic mass is 10.1. The zero-order valence-corrected chi connectivity index (χ0v) is 19.4. The lowest BCUT2D eigenvalue weighted by Crippen LogP contribution is -2.30. The molecule has 0 aliphatic carbocycles. The van der Waals surface area contributed by atoms with Crippen molar-refractivity contribution in [3.05, 3.63) is 89.5 Å². The van der Waals surface area contributed by atoms with Crippen molar-refractivity contribution >= 4 is 29.3 Å². The Balaban J connectivity index is 1.42.